The molecule has 0 aliphatic carbocycles. The number of fused-ring (bicyclic) bond motifs is 3. The SMILES string of the molecule is COc1ccc([C@H]2NC(=O)c3sc4nc(C(F)(F)F)cc(C)c4c3N2)cc1Cn1cc([N+](=O)[O-])cn1. The molecule has 186 valence electrons. The second-order valence-electron chi connectivity index (χ2n) is 8.08. The molecule has 4 heterocycles. The van der Waals surface area contributed by atoms with Crippen molar-refractivity contribution in [3.63, 3.8) is 0 Å². The number of amides is 1. The van der Waals surface area contributed by atoms with Crippen LogP contribution in [0, 0.1) is 17.0 Å². The summed E-state index contributed by atoms with van der Waals surface area (Å²) in [6.07, 6.45) is -2.86. The van der Waals surface area contributed by atoms with Crippen LogP contribution in [0.4, 0.5) is 24.5 Å². The van der Waals surface area contributed by atoms with Crippen molar-refractivity contribution in [3.05, 3.63) is 74.0 Å². The van der Waals surface area contributed by atoms with Crippen molar-refractivity contribution in [1.82, 2.24) is 20.1 Å². The standard InChI is InChI=1S/C22H17F3N6O4S/c1-10-5-15(22(23,24)25)27-21-16(10)17-18(36-21)20(32)29-19(28-17)11-3-4-14(35-2)12(6-11)8-30-9-13(7-26-30)31(33)34/h3-7,9,19,28H,8H2,1-2H3,(H,29,32)/t19-/m1/s1. The number of nitrogens with one attached hydrogen (secondary N) is 2. The third-order valence-corrected chi connectivity index (χ3v) is 6.80. The molecule has 0 saturated carbocycles. The molecule has 10 nitrogen and oxygen atoms in total. The third-order valence-electron chi connectivity index (χ3n) is 5.72. The Morgan fingerprint density at radius 3 is 2.72 bits per heavy atom. The number of carbonyl (C=O) groups excluding carboxylic acids is 1. The fourth-order valence-electron chi connectivity index (χ4n) is 4.08. The normalized spacial score (nSPS) is 15.4. The topological polar surface area (TPSA) is 124 Å². The number of ether oxygens (including phenoxy) is 1. The summed E-state index contributed by atoms with van der Waals surface area (Å²) in [6.45, 7) is 1.71. The minimum absolute atomic E-state index is 0.117. The smallest absolute Gasteiger partial charge is 0.433 e. The minimum Gasteiger partial charge on any atom is -0.496 e. The van der Waals surface area contributed by atoms with Gasteiger partial charge in [0.2, 0.25) is 0 Å². The van der Waals surface area contributed by atoms with E-state index in [1.165, 1.54) is 18.0 Å². The maximum Gasteiger partial charge on any atom is 0.433 e. The van der Waals surface area contributed by atoms with Gasteiger partial charge in [-0.25, -0.2) is 4.98 Å². The molecule has 1 atom stereocenters. The van der Waals surface area contributed by atoms with Gasteiger partial charge in [0.15, 0.2) is 0 Å². The maximum atomic E-state index is 13.2. The zero-order valence-electron chi connectivity index (χ0n) is 18.7. The molecule has 0 bridgehead atoms. The van der Waals surface area contributed by atoms with Crippen molar-refractivity contribution in [3.8, 4) is 5.75 Å². The predicted octanol–water partition coefficient (Wildman–Crippen LogP) is 4.64. The van der Waals surface area contributed by atoms with Crippen molar-refractivity contribution >= 4 is 38.8 Å². The molecule has 4 aromatic rings. The van der Waals surface area contributed by atoms with Gasteiger partial charge in [-0.1, -0.05) is 6.07 Å². The lowest BCUT2D eigenvalue weighted by Crippen LogP contribution is -2.37. The number of benzene rings is 1. The minimum atomic E-state index is -4.60. The van der Waals surface area contributed by atoms with Gasteiger partial charge in [0.25, 0.3) is 5.91 Å². The van der Waals surface area contributed by atoms with E-state index >= 15 is 0 Å². The lowest BCUT2D eigenvalue weighted by Gasteiger charge is -2.27. The fraction of sp³-hybridized carbons (Fsp3) is 0.227. The van der Waals surface area contributed by atoms with E-state index in [1.807, 2.05) is 0 Å². The number of hydrogen-bond acceptors (Lipinski definition) is 8. The van der Waals surface area contributed by atoms with Crippen molar-refractivity contribution in [1.29, 1.82) is 0 Å². The van der Waals surface area contributed by atoms with Gasteiger partial charge < -0.3 is 15.4 Å². The largest absolute Gasteiger partial charge is 0.496 e. The average Bonchev–Trinajstić information content (AvgIpc) is 3.44. The molecular formula is C22H17F3N6O4S. The number of halogens is 3. The number of pyridine rings is 1. The number of aryl methyl sites for hydroxylation is 1. The Balaban J connectivity index is 1.50. The molecule has 1 aliphatic heterocycles. The molecule has 0 radical (unpaired) electrons. The lowest BCUT2D eigenvalue weighted by molar-refractivity contribution is -0.385. The third kappa shape index (κ3) is 4.08. The van der Waals surface area contributed by atoms with E-state index in [0.29, 0.717) is 33.5 Å². The van der Waals surface area contributed by atoms with Gasteiger partial charge in [0, 0.05) is 10.9 Å². The molecule has 14 heteroatoms. The van der Waals surface area contributed by atoms with Crippen molar-refractivity contribution in [2.45, 2.75) is 25.8 Å². The zero-order chi connectivity index (χ0) is 25.8. The fourth-order valence-corrected chi connectivity index (χ4v) is 5.20. The van der Waals surface area contributed by atoms with Gasteiger partial charge >= 0.3 is 11.9 Å². The summed E-state index contributed by atoms with van der Waals surface area (Å²) in [6, 6.07) is 6.16. The Morgan fingerprint density at radius 2 is 2.06 bits per heavy atom. The van der Waals surface area contributed by atoms with E-state index in [9.17, 15) is 28.1 Å². The predicted molar refractivity (Wildman–Crippen MR) is 124 cm³/mol. The maximum absolute atomic E-state index is 13.2. The van der Waals surface area contributed by atoms with Crippen LogP contribution in [-0.4, -0.2) is 32.7 Å². The number of rotatable bonds is 5. The number of nitrogens with zero attached hydrogens (tertiary/aromatic N) is 4. The molecule has 0 saturated heterocycles. The molecule has 5 rings (SSSR count). The monoisotopic (exact) mass is 518 g/mol. The molecule has 36 heavy (non-hydrogen) atoms. The van der Waals surface area contributed by atoms with E-state index in [1.54, 1.807) is 25.1 Å². The first-order valence-corrected chi connectivity index (χ1v) is 11.3. The van der Waals surface area contributed by atoms with Gasteiger partial charge in [-0.3, -0.25) is 19.6 Å². The van der Waals surface area contributed by atoms with Crippen LogP contribution >= 0.6 is 11.3 Å². The Morgan fingerprint density at radius 1 is 1.28 bits per heavy atom. The highest BCUT2D eigenvalue weighted by Gasteiger charge is 2.35. The highest BCUT2D eigenvalue weighted by Crippen LogP contribution is 2.43. The second kappa shape index (κ2) is 8.48. The molecule has 1 amide bonds. The summed E-state index contributed by atoms with van der Waals surface area (Å²) in [4.78, 5) is 27.4. The average molecular weight is 518 g/mol. The number of thiophene rings is 1. The van der Waals surface area contributed by atoms with E-state index in [-0.39, 0.29) is 21.9 Å². The Hall–Kier alpha value is -4.20. The Labute approximate surface area is 204 Å². The van der Waals surface area contributed by atoms with Crippen molar-refractivity contribution in [2.75, 3.05) is 12.4 Å². The van der Waals surface area contributed by atoms with Gasteiger partial charge in [-0.15, -0.1) is 11.3 Å². The summed E-state index contributed by atoms with van der Waals surface area (Å²) in [7, 11) is 1.49. The summed E-state index contributed by atoms with van der Waals surface area (Å²) in [5, 5.41) is 21.5. The zero-order valence-corrected chi connectivity index (χ0v) is 19.5. The van der Waals surface area contributed by atoms with Crippen LogP contribution in [-0.2, 0) is 12.7 Å². The number of nitro groups is 1. The van der Waals surface area contributed by atoms with Gasteiger partial charge in [-0.2, -0.15) is 18.3 Å². The van der Waals surface area contributed by atoms with Crippen LogP contribution in [0.1, 0.15) is 38.2 Å². The van der Waals surface area contributed by atoms with Crippen molar-refractivity contribution < 1.29 is 27.6 Å². The summed E-state index contributed by atoms with van der Waals surface area (Å²) >= 11 is 0.893. The molecule has 1 aromatic carbocycles. The molecule has 2 N–H and O–H groups in total. The Kier molecular flexibility index (Phi) is 5.54. The number of methoxy groups -OCH3 is 1. The van der Waals surface area contributed by atoms with Crippen LogP contribution in [0.25, 0.3) is 10.2 Å². The van der Waals surface area contributed by atoms with Crippen molar-refractivity contribution in [2.24, 2.45) is 0 Å². The highest BCUT2D eigenvalue weighted by molar-refractivity contribution is 7.21. The molecule has 1 aliphatic rings. The number of alkyl halides is 3. The molecule has 0 fully saturated rings. The molecular weight excluding hydrogens is 501 g/mol. The highest BCUT2D eigenvalue weighted by atomic mass is 32.1. The van der Waals surface area contributed by atoms with Gasteiger partial charge in [0.1, 0.15) is 39.7 Å². The van der Waals surface area contributed by atoms with Gasteiger partial charge in [0.05, 0.1) is 24.3 Å². The van der Waals surface area contributed by atoms with Crippen LogP contribution in [0.2, 0.25) is 0 Å². The molecule has 0 unspecified atom stereocenters. The molecule has 3 aromatic heterocycles. The van der Waals surface area contributed by atoms with Crippen LogP contribution in [0.5, 0.6) is 5.75 Å². The second-order valence-corrected chi connectivity index (χ2v) is 9.08. The number of aromatic nitrogens is 3. The van der Waals surface area contributed by atoms with E-state index < -0.39 is 28.9 Å². The van der Waals surface area contributed by atoms with E-state index in [4.69, 9.17) is 4.74 Å². The first kappa shape index (κ1) is 23.5. The summed E-state index contributed by atoms with van der Waals surface area (Å²) < 4.78 is 46.5. The van der Waals surface area contributed by atoms with Crippen LogP contribution in [0.15, 0.2) is 36.7 Å². The van der Waals surface area contributed by atoms with Crippen LogP contribution in [0.3, 0.4) is 0 Å². The summed E-state index contributed by atoms with van der Waals surface area (Å²) in [5.41, 5.74) is 0.896. The summed E-state index contributed by atoms with van der Waals surface area (Å²) in [5.74, 6) is 0.0743. The van der Waals surface area contributed by atoms with Gasteiger partial charge in [-0.05, 0) is 36.2 Å². The number of carbonyl (C=O) groups is 1. The van der Waals surface area contributed by atoms with E-state index in [0.717, 1.165) is 23.6 Å². The lowest BCUT2D eigenvalue weighted by atomic mass is 10.0. The number of anilines is 1. The Bertz CT molecular complexity index is 1530. The quantitative estimate of drug-likeness (QED) is 0.291. The van der Waals surface area contributed by atoms with E-state index in [2.05, 4.69) is 20.7 Å². The molecule has 0 spiro atoms. The first-order valence-electron chi connectivity index (χ1n) is 10.5. The number of hydrogen-bond donors (Lipinski definition) is 2. The first-order chi connectivity index (χ1) is 17.0. The van der Waals surface area contributed by atoms with Crippen LogP contribution < -0.4 is 15.4 Å².